The largest absolute Gasteiger partial charge is 0.469 e. The third-order valence-electron chi connectivity index (χ3n) is 3.48. The predicted molar refractivity (Wildman–Crippen MR) is 83.5 cm³/mol. The number of hydrogen-bond acceptors (Lipinski definition) is 2. The van der Waals surface area contributed by atoms with Crippen LogP contribution < -0.4 is 0 Å². The van der Waals surface area contributed by atoms with Crippen LogP contribution >= 0.6 is 7.82 Å². The highest BCUT2D eigenvalue weighted by Gasteiger charge is 2.31. The van der Waals surface area contributed by atoms with E-state index in [0.717, 1.165) is 18.8 Å². The molecule has 4 nitrogen and oxygen atoms in total. The van der Waals surface area contributed by atoms with Crippen molar-refractivity contribution in [3.63, 3.8) is 0 Å². The molecule has 1 atom stereocenters. The van der Waals surface area contributed by atoms with Gasteiger partial charge in [-0.1, -0.05) is 73.1 Å². The lowest BCUT2D eigenvalue weighted by Crippen LogP contribution is -2.28. The number of phosphoric acid groups is 1. The molecule has 0 bridgehead atoms. The smallest absolute Gasteiger partial charge is 0.303 e. The van der Waals surface area contributed by atoms with Crippen LogP contribution in [0, 0.1) is 11.3 Å². The molecule has 0 saturated heterocycles. The summed E-state index contributed by atoms with van der Waals surface area (Å²) in [7, 11) is -4.40. The molecule has 20 heavy (non-hydrogen) atoms. The molecule has 122 valence electrons. The number of hydrogen-bond donors (Lipinski definition) is 2. The van der Waals surface area contributed by atoms with E-state index in [1.165, 1.54) is 25.7 Å². The molecule has 0 aliphatic rings. The van der Waals surface area contributed by atoms with Gasteiger partial charge in [0.2, 0.25) is 0 Å². The van der Waals surface area contributed by atoms with Gasteiger partial charge in [0.1, 0.15) is 0 Å². The molecule has 0 amide bonds. The maximum Gasteiger partial charge on any atom is 0.469 e. The lowest BCUT2D eigenvalue weighted by molar-refractivity contribution is 0.0450. The maximum absolute atomic E-state index is 11.0. The maximum atomic E-state index is 11.0. The highest BCUT2D eigenvalue weighted by Crippen LogP contribution is 2.43. The second kappa shape index (κ2) is 9.19. The molecule has 0 heterocycles. The molecule has 0 aromatic rings. The van der Waals surface area contributed by atoms with E-state index >= 15 is 0 Å². The SMILES string of the molecule is CC(C)CCCCCCCC(OP(=O)(O)O)C(C)(C)C. The summed E-state index contributed by atoms with van der Waals surface area (Å²) in [4.78, 5) is 17.9. The van der Waals surface area contributed by atoms with Crippen molar-refractivity contribution in [3.05, 3.63) is 0 Å². The number of phosphoric ester groups is 1. The summed E-state index contributed by atoms with van der Waals surface area (Å²) >= 11 is 0. The van der Waals surface area contributed by atoms with Crippen molar-refractivity contribution in [1.82, 2.24) is 0 Å². The molecule has 0 aromatic heterocycles. The zero-order chi connectivity index (χ0) is 15.8. The van der Waals surface area contributed by atoms with Gasteiger partial charge in [0, 0.05) is 0 Å². The molecule has 0 rings (SSSR count). The van der Waals surface area contributed by atoms with Crippen LogP contribution in [0.4, 0.5) is 0 Å². The quantitative estimate of drug-likeness (QED) is 0.445. The normalized spacial score (nSPS) is 14.8. The van der Waals surface area contributed by atoms with Gasteiger partial charge < -0.3 is 9.79 Å². The van der Waals surface area contributed by atoms with E-state index in [4.69, 9.17) is 14.3 Å². The van der Waals surface area contributed by atoms with Gasteiger partial charge in [0.05, 0.1) is 6.10 Å². The van der Waals surface area contributed by atoms with Crippen molar-refractivity contribution in [1.29, 1.82) is 0 Å². The first-order chi connectivity index (χ1) is 9.02. The van der Waals surface area contributed by atoms with E-state index in [9.17, 15) is 4.57 Å². The Morgan fingerprint density at radius 3 is 1.80 bits per heavy atom. The van der Waals surface area contributed by atoms with Crippen LogP contribution in [0.15, 0.2) is 0 Å². The highest BCUT2D eigenvalue weighted by atomic mass is 31.2. The van der Waals surface area contributed by atoms with Crippen LogP contribution in [0.1, 0.15) is 79.6 Å². The Morgan fingerprint density at radius 1 is 0.950 bits per heavy atom. The number of rotatable bonds is 10. The van der Waals surface area contributed by atoms with E-state index in [-0.39, 0.29) is 11.5 Å². The zero-order valence-corrected chi connectivity index (χ0v) is 14.7. The van der Waals surface area contributed by atoms with E-state index in [1.807, 2.05) is 20.8 Å². The second-order valence-corrected chi connectivity index (χ2v) is 8.38. The van der Waals surface area contributed by atoms with Gasteiger partial charge in [0.25, 0.3) is 0 Å². The fourth-order valence-corrected chi connectivity index (χ4v) is 2.98. The summed E-state index contributed by atoms with van der Waals surface area (Å²) in [5.74, 6) is 0.775. The Bertz CT molecular complexity index is 291. The number of unbranched alkanes of at least 4 members (excludes halogenated alkanes) is 4. The van der Waals surface area contributed by atoms with Crippen LogP contribution in [-0.2, 0) is 9.09 Å². The third kappa shape index (κ3) is 11.9. The standard InChI is InChI=1S/C15H33O4P/c1-13(2)11-9-7-6-8-10-12-14(15(3,4)5)19-20(16,17)18/h13-14H,6-12H2,1-5H3,(H2,16,17,18). The first-order valence-electron chi connectivity index (χ1n) is 7.76. The van der Waals surface area contributed by atoms with E-state index in [2.05, 4.69) is 13.8 Å². The Labute approximate surface area is 124 Å². The molecule has 0 saturated carbocycles. The molecular formula is C15H33O4P. The molecule has 0 aliphatic heterocycles. The van der Waals surface area contributed by atoms with Gasteiger partial charge in [-0.05, 0) is 17.8 Å². The van der Waals surface area contributed by atoms with Crippen LogP contribution in [0.5, 0.6) is 0 Å². The van der Waals surface area contributed by atoms with Gasteiger partial charge in [-0.3, -0.25) is 4.52 Å². The van der Waals surface area contributed by atoms with Crippen molar-refractivity contribution in [2.24, 2.45) is 11.3 Å². The van der Waals surface area contributed by atoms with Gasteiger partial charge in [-0.15, -0.1) is 0 Å². The van der Waals surface area contributed by atoms with Crippen molar-refractivity contribution in [2.75, 3.05) is 0 Å². The summed E-state index contributed by atoms with van der Waals surface area (Å²) in [6, 6.07) is 0. The van der Waals surface area contributed by atoms with Crippen LogP contribution in [0.25, 0.3) is 0 Å². The lowest BCUT2D eigenvalue weighted by atomic mass is 9.86. The third-order valence-corrected chi connectivity index (χ3v) is 4.01. The Morgan fingerprint density at radius 2 is 1.40 bits per heavy atom. The van der Waals surface area contributed by atoms with E-state index < -0.39 is 7.82 Å². The summed E-state index contributed by atoms with van der Waals surface area (Å²) in [6.45, 7) is 10.3. The molecule has 5 heteroatoms. The zero-order valence-electron chi connectivity index (χ0n) is 13.8. The summed E-state index contributed by atoms with van der Waals surface area (Å²) in [5.41, 5.74) is -0.251. The molecule has 0 spiro atoms. The highest BCUT2D eigenvalue weighted by molar-refractivity contribution is 7.46. The molecule has 2 N–H and O–H groups in total. The Balaban J connectivity index is 3.90. The monoisotopic (exact) mass is 308 g/mol. The fourth-order valence-electron chi connectivity index (χ4n) is 2.22. The predicted octanol–water partition coefficient (Wildman–Crippen LogP) is 4.90. The second-order valence-electron chi connectivity index (χ2n) is 7.19. The minimum Gasteiger partial charge on any atom is -0.303 e. The average molecular weight is 308 g/mol. The minimum absolute atomic E-state index is 0.251. The average Bonchev–Trinajstić information content (AvgIpc) is 2.22. The van der Waals surface area contributed by atoms with Gasteiger partial charge in [-0.2, -0.15) is 0 Å². The lowest BCUT2D eigenvalue weighted by Gasteiger charge is -2.30. The van der Waals surface area contributed by atoms with Crippen molar-refractivity contribution in [3.8, 4) is 0 Å². The van der Waals surface area contributed by atoms with E-state index in [0.29, 0.717) is 6.42 Å². The summed E-state index contributed by atoms with van der Waals surface area (Å²) in [5, 5.41) is 0. The van der Waals surface area contributed by atoms with Crippen molar-refractivity contribution >= 4 is 7.82 Å². The van der Waals surface area contributed by atoms with Gasteiger partial charge in [-0.25, -0.2) is 4.57 Å². The van der Waals surface area contributed by atoms with Crippen LogP contribution in [0.2, 0.25) is 0 Å². The van der Waals surface area contributed by atoms with Crippen molar-refractivity contribution in [2.45, 2.75) is 85.7 Å². The molecule has 0 fully saturated rings. The Hall–Kier alpha value is 0.110. The van der Waals surface area contributed by atoms with Gasteiger partial charge in [0.15, 0.2) is 0 Å². The Kier molecular flexibility index (Phi) is 9.24. The van der Waals surface area contributed by atoms with E-state index in [1.54, 1.807) is 0 Å². The molecule has 0 aromatic carbocycles. The first kappa shape index (κ1) is 20.1. The summed E-state index contributed by atoms with van der Waals surface area (Å²) < 4.78 is 15.9. The molecule has 1 unspecified atom stereocenters. The molecule has 0 aliphatic carbocycles. The molecular weight excluding hydrogens is 275 g/mol. The van der Waals surface area contributed by atoms with Crippen LogP contribution in [-0.4, -0.2) is 15.9 Å². The first-order valence-corrected chi connectivity index (χ1v) is 9.29. The fraction of sp³-hybridized carbons (Fsp3) is 1.00. The van der Waals surface area contributed by atoms with Crippen molar-refractivity contribution < 1.29 is 18.9 Å². The van der Waals surface area contributed by atoms with Gasteiger partial charge >= 0.3 is 7.82 Å². The summed E-state index contributed by atoms with van der Waals surface area (Å²) in [6.07, 6.45) is 7.39. The molecule has 0 radical (unpaired) electrons. The minimum atomic E-state index is -4.40. The topological polar surface area (TPSA) is 66.8 Å². The van der Waals surface area contributed by atoms with Crippen LogP contribution in [0.3, 0.4) is 0 Å².